The lowest BCUT2D eigenvalue weighted by molar-refractivity contribution is 0.0589. The van der Waals surface area contributed by atoms with Gasteiger partial charge in [-0.1, -0.05) is 66.7 Å². The monoisotopic (exact) mass is 551 g/mol. The second-order valence-electron chi connectivity index (χ2n) is 11.2. The SMILES string of the molecule is COC(=O)N(NC(=O)c1c(CN2CCN(C(C)(C)C)CC2)c(-c2ccccc2)nc2ccccc12)c1ccccc1. The largest absolute Gasteiger partial charge is 0.451 e. The fraction of sp³-hybridized carbons (Fsp3) is 0.303. The van der Waals surface area contributed by atoms with Crippen LogP contribution in [0.25, 0.3) is 22.2 Å². The van der Waals surface area contributed by atoms with Crippen molar-refractivity contribution in [2.75, 3.05) is 38.3 Å². The molecule has 212 valence electrons. The van der Waals surface area contributed by atoms with Crippen LogP contribution in [-0.2, 0) is 11.3 Å². The zero-order chi connectivity index (χ0) is 29.0. The number of benzene rings is 3. The first kappa shape index (κ1) is 28.3. The van der Waals surface area contributed by atoms with Crippen molar-refractivity contribution in [3.8, 4) is 11.3 Å². The number of amides is 2. The van der Waals surface area contributed by atoms with E-state index >= 15 is 0 Å². The second kappa shape index (κ2) is 12.1. The zero-order valence-electron chi connectivity index (χ0n) is 24.1. The molecule has 1 aromatic heterocycles. The van der Waals surface area contributed by atoms with Gasteiger partial charge in [-0.3, -0.25) is 20.0 Å². The molecule has 0 spiro atoms. The molecule has 3 aromatic carbocycles. The highest BCUT2D eigenvalue weighted by molar-refractivity contribution is 6.10. The van der Waals surface area contributed by atoms with Crippen molar-refractivity contribution < 1.29 is 14.3 Å². The Hall–Kier alpha value is -4.27. The average Bonchev–Trinajstić information content (AvgIpc) is 2.99. The highest BCUT2D eigenvalue weighted by Gasteiger charge is 2.30. The van der Waals surface area contributed by atoms with Crippen LogP contribution in [-0.4, -0.2) is 65.6 Å². The third kappa shape index (κ3) is 6.24. The van der Waals surface area contributed by atoms with Crippen LogP contribution in [0, 0.1) is 0 Å². The lowest BCUT2D eigenvalue weighted by Crippen LogP contribution is -2.53. The Balaban J connectivity index is 1.61. The molecule has 0 unspecified atom stereocenters. The number of hydrazine groups is 1. The summed E-state index contributed by atoms with van der Waals surface area (Å²) in [7, 11) is 1.29. The van der Waals surface area contributed by atoms with Gasteiger partial charge < -0.3 is 4.74 Å². The summed E-state index contributed by atoms with van der Waals surface area (Å²) >= 11 is 0. The normalized spacial score (nSPS) is 14.5. The third-order valence-electron chi connectivity index (χ3n) is 7.56. The third-order valence-corrected chi connectivity index (χ3v) is 7.56. The van der Waals surface area contributed by atoms with Crippen molar-refractivity contribution in [2.45, 2.75) is 32.9 Å². The molecule has 0 radical (unpaired) electrons. The number of hydrogen-bond donors (Lipinski definition) is 1. The molecule has 0 bridgehead atoms. The lowest BCUT2D eigenvalue weighted by Gasteiger charge is -2.42. The molecule has 41 heavy (non-hydrogen) atoms. The number of piperazine rings is 1. The molecular weight excluding hydrogens is 514 g/mol. The smallest absolute Gasteiger partial charge is 0.433 e. The van der Waals surface area contributed by atoms with E-state index in [2.05, 4.69) is 36.0 Å². The first-order valence-electron chi connectivity index (χ1n) is 13.9. The molecule has 1 aliphatic rings. The van der Waals surface area contributed by atoms with Crippen LogP contribution in [0.3, 0.4) is 0 Å². The van der Waals surface area contributed by atoms with Crippen LogP contribution in [0.4, 0.5) is 10.5 Å². The van der Waals surface area contributed by atoms with Crippen molar-refractivity contribution in [2.24, 2.45) is 0 Å². The van der Waals surface area contributed by atoms with Gasteiger partial charge in [0.1, 0.15) is 0 Å². The molecule has 1 aliphatic heterocycles. The van der Waals surface area contributed by atoms with E-state index < -0.39 is 12.0 Å². The van der Waals surface area contributed by atoms with Crippen LogP contribution in [0.15, 0.2) is 84.9 Å². The maximum atomic E-state index is 14.3. The maximum absolute atomic E-state index is 14.3. The molecule has 1 fully saturated rings. The predicted molar refractivity (Wildman–Crippen MR) is 163 cm³/mol. The number of anilines is 1. The Morgan fingerprint density at radius 2 is 1.49 bits per heavy atom. The number of carbonyl (C=O) groups excluding carboxylic acids is 2. The van der Waals surface area contributed by atoms with Crippen LogP contribution < -0.4 is 10.4 Å². The van der Waals surface area contributed by atoms with E-state index in [1.165, 1.54) is 7.11 Å². The van der Waals surface area contributed by atoms with Gasteiger partial charge in [-0.2, -0.15) is 5.01 Å². The minimum Gasteiger partial charge on any atom is -0.451 e. The van der Waals surface area contributed by atoms with E-state index in [0.717, 1.165) is 53.4 Å². The van der Waals surface area contributed by atoms with Crippen molar-refractivity contribution in [3.05, 3.63) is 96.1 Å². The molecule has 2 amide bonds. The highest BCUT2D eigenvalue weighted by atomic mass is 16.5. The predicted octanol–water partition coefficient (Wildman–Crippen LogP) is 5.74. The van der Waals surface area contributed by atoms with Gasteiger partial charge in [0, 0.05) is 54.8 Å². The van der Waals surface area contributed by atoms with E-state index in [-0.39, 0.29) is 5.54 Å². The van der Waals surface area contributed by atoms with E-state index in [0.29, 0.717) is 23.3 Å². The first-order valence-corrected chi connectivity index (χ1v) is 13.9. The molecule has 1 saturated heterocycles. The number of nitrogens with zero attached hydrogens (tertiary/aromatic N) is 4. The summed E-state index contributed by atoms with van der Waals surface area (Å²) < 4.78 is 5.02. The summed E-state index contributed by atoms with van der Waals surface area (Å²) in [4.78, 5) is 37.0. The summed E-state index contributed by atoms with van der Waals surface area (Å²) in [6, 6.07) is 26.6. The van der Waals surface area contributed by atoms with E-state index in [9.17, 15) is 9.59 Å². The number of nitrogens with one attached hydrogen (secondary N) is 1. The maximum Gasteiger partial charge on any atom is 0.433 e. The Kier molecular flexibility index (Phi) is 8.33. The molecule has 8 heteroatoms. The Labute approximate surface area is 241 Å². The van der Waals surface area contributed by atoms with Gasteiger partial charge in [-0.25, -0.2) is 9.78 Å². The van der Waals surface area contributed by atoms with Crippen molar-refractivity contribution in [1.29, 1.82) is 0 Å². The standard InChI is InChI=1S/C33H37N5O3/c1-33(2,3)37-21-19-36(20-22-37)23-27-29(31(39)35-38(32(40)41-4)25-15-9-6-10-16-25)26-17-11-12-18-28(26)34-30(27)24-13-7-5-8-14-24/h5-18H,19-23H2,1-4H3,(H,35,39). The molecule has 0 aliphatic carbocycles. The number of fused-ring (bicyclic) bond motifs is 1. The summed E-state index contributed by atoms with van der Waals surface area (Å²) in [6.07, 6.45) is -0.689. The van der Waals surface area contributed by atoms with Gasteiger partial charge in [-0.15, -0.1) is 0 Å². The summed E-state index contributed by atoms with van der Waals surface area (Å²) in [5.74, 6) is -0.404. The number of hydrogen-bond acceptors (Lipinski definition) is 6. The topological polar surface area (TPSA) is 78.0 Å². The Morgan fingerprint density at radius 3 is 2.12 bits per heavy atom. The number of ether oxygens (including phenoxy) is 1. The van der Waals surface area contributed by atoms with Crippen molar-refractivity contribution >= 4 is 28.6 Å². The highest BCUT2D eigenvalue weighted by Crippen LogP contribution is 2.32. The summed E-state index contributed by atoms with van der Waals surface area (Å²) in [5.41, 5.74) is 7.17. The molecule has 0 atom stereocenters. The van der Waals surface area contributed by atoms with Gasteiger partial charge in [0.15, 0.2) is 0 Å². The van der Waals surface area contributed by atoms with Crippen LogP contribution >= 0.6 is 0 Å². The molecule has 1 N–H and O–H groups in total. The van der Waals surface area contributed by atoms with Gasteiger partial charge >= 0.3 is 6.09 Å². The number of rotatable bonds is 5. The minimum absolute atomic E-state index is 0.103. The number of pyridine rings is 1. The number of para-hydroxylation sites is 2. The molecule has 5 rings (SSSR count). The average molecular weight is 552 g/mol. The lowest BCUT2D eigenvalue weighted by atomic mass is 9.95. The zero-order valence-corrected chi connectivity index (χ0v) is 24.1. The number of carbonyl (C=O) groups is 2. The molecule has 2 heterocycles. The van der Waals surface area contributed by atoms with Gasteiger partial charge in [0.2, 0.25) is 0 Å². The number of aromatic nitrogens is 1. The van der Waals surface area contributed by atoms with Crippen molar-refractivity contribution in [3.63, 3.8) is 0 Å². The summed E-state index contributed by atoms with van der Waals surface area (Å²) in [5, 5.41) is 1.87. The van der Waals surface area contributed by atoms with Gasteiger partial charge in [0.25, 0.3) is 5.91 Å². The van der Waals surface area contributed by atoms with Crippen LogP contribution in [0.1, 0.15) is 36.7 Å². The summed E-state index contributed by atoms with van der Waals surface area (Å²) in [6.45, 7) is 10.9. The molecule has 0 saturated carbocycles. The van der Waals surface area contributed by atoms with Crippen LogP contribution in [0.5, 0.6) is 0 Å². The van der Waals surface area contributed by atoms with E-state index in [1.807, 2.05) is 60.7 Å². The number of methoxy groups -OCH3 is 1. The second-order valence-corrected chi connectivity index (χ2v) is 11.2. The molecule has 8 nitrogen and oxygen atoms in total. The molecule has 4 aromatic rings. The fourth-order valence-corrected chi connectivity index (χ4v) is 5.34. The fourth-order valence-electron chi connectivity index (χ4n) is 5.34. The van der Waals surface area contributed by atoms with Gasteiger partial charge in [0.05, 0.1) is 29.6 Å². The molecular formula is C33H37N5O3. The Morgan fingerprint density at radius 1 is 0.878 bits per heavy atom. The quantitative estimate of drug-likeness (QED) is 0.319. The van der Waals surface area contributed by atoms with E-state index in [1.54, 1.807) is 24.3 Å². The van der Waals surface area contributed by atoms with Gasteiger partial charge in [-0.05, 0) is 39.0 Å². The van der Waals surface area contributed by atoms with Crippen LogP contribution in [0.2, 0.25) is 0 Å². The van der Waals surface area contributed by atoms with Crippen molar-refractivity contribution in [1.82, 2.24) is 20.2 Å². The van der Waals surface area contributed by atoms with E-state index in [4.69, 9.17) is 9.72 Å². The minimum atomic E-state index is -0.689. The first-order chi connectivity index (χ1) is 19.8. The Bertz CT molecular complexity index is 1510.